The lowest BCUT2D eigenvalue weighted by Gasteiger charge is -2.09. The van der Waals surface area contributed by atoms with Crippen LogP contribution in [0.3, 0.4) is 0 Å². The number of nitrogens with zero attached hydrogens (tertiary/aromatic N) is 3. The maximum absolute atomic E-state index is 11.7. The van der Waals surface area contributed by atoms with Crippen molar-refractivity contribution < 1.29 is 14.4 Å². The molecule has 2 rings (SSSR count). The van der Waals surface area contributed by atoms with Crippen LogP contribution in [0.5, 0.6) is 0 Å². The van der Waals surface area contributed by atoms with E-state index in [9.17, 15) is 14.4 Å². The van der Waals surface area contributed by atoms with Crippen LogP contribution in [0.15, 0.2) is 34.5 Å². The van der Waals surface area contributed by atoms with Crippen LogP contribution in [-0.2, 0) is 9.59 Å². The monoisotopic (exact) mass is 259 g/mol. The van der Waals surface area contributed by atoms with Crippen molar-refractivity contribution in [2.45, 2.75) is 0 Å². The molecule has 2 heterocycles. The lowest BCUT2D eigenvalue weighted by atomic mass is 10.2. The fourth-order valence-electron chi connectivity index (χ4n) is 1.37. The number of rotatable bonds is 3. The molecule has 0 radical (unpaired) electrons. The molecule has 0 fully saturated rings. The molecule has 0 spiro atoms. The minimum atomic E-state index is -0.861. The summed E-state index contributed by atoms with van der Waals surface area (Å²) in [6, 6.07) is 3.16. The van der Waals surface area contributed by atoms with E-state index in [1.807, 2.05) is 0 Å². The predicted octanol–water partition coefficient (Wildman–Crippen LogP) is -1.32. The average Bonchev–Trinajstić information content (AvgIpc) is 2.38. The third kappa shape index (κ3) is 2.86. The van der Waals surface area contributed by atoms with Crippen LogP contribution in [0.4, 0.5) is 0 Å². The minimum Gasteiger partial charge on any atom is -0.369 e. The van der Waals surface area contributed by atoms with Crippen LogP contribution in [0, 0.1) is 0 Å². The van der Waals surface area contributed by atoms with Crippen LogP contribution in [-0.4, -0.2) is 40.8 Å². The first-order valence-corrected chi connectivity index (χ1v) is 5.25. The number of hydrogen-bond donors (Lipinski definition) is 2. The highest BCUT2D eigenvalue weighted by Gasteiger charge is 2.25. The van der Waals surface area contributed by atoms with Gasteiger partial charge in [0.2, 0.25) is 5.96 Å². The Hall–Kier alpha value is -2.90. The topological polar surface area (TPSA) is 127 Å². The van der Waals surface area contributed by atoms with E-state index in [0.717, 1.165) is 0 Å². The second-order valence-corrected chi connectivity index (χ2v) is 3.59. The molecule has 0 saturated carbocycles. The van der Waals surface area contributed by atoms with Gasteiger partial charge in [0.1, 0.15) is 6.54 Å². The lowest BCUT2D eigenvalue weighted by molar-refractivity contribution is -0.117. The number of carbonyl (C=O) groups is 3. The lowest BCUT2D eigenvalue weighted by Crippen LogP contribution is -2.48. The number of nitrogens with one attached hydrogen (secondary N) is 1. The summed E-state index contributed by atoms with van der Waals surface area (Å²) >= 11 is 0. The SMILES string of the molecule is NC1=NC(=O)C(=NCC(=O)c2cccnc2)C(=O)N1. The van der Waals surface area contributed by atoms with Crippen LogP contribution in [0.1, 0.15) is 10.4 Å². The molecule has 0 saturated heterocycles. The summed E-state index contributed by atoms with van der Waals surface area (Å²) < 4.78 is 0. The molecule has 3 N–H and O–H groups in total. The Morgan fingerprint density at radius 2 is 2.21 bits per heavy atom. The molecule has 0 unspecified atom stereocenters. The zero-order chi connectivity index (χ0) is 13.8. The molecule has 8 heteroatoms. The van der Waals surface area contributed by atoms with Gasteiger partial charge in [-0.2, -0.15) is 4.99 Å². The zero-order valence-electron chi connectivity index (χ0n) is 9.66. The molecule has 96 valence electrons. The summed E-state index contributed by atoms with van der Waals surface area (Å²) in [7, 11) is 0. The Morgan fingerprint density at radius 3 is 2.84 bits per heavy atom. The fraction of sp³-hybridized carbons (Fsp3) is 0.0909. The molecule has 1 aliphatic rings. The van der Waals surface area contributed by atoms with Gasteiger partial charge in [0.15, 0.2) is 11.5 Å². The average molecular weight is 259 g/mol. The van der Waals surface area contributed by atoms with Crippen molar-refractivity contribution in [2.75, 3.05) is 6.54 Å². The molecule has 1 aliphatic heterocycles. The molecule has 0 aliphatic carbocycles. The molecule has 1 aromatic heterocycles. The number of amides is 2. The van der Waals surface area contributed by atoms with E-state index in [4.69, 9.17) is 5.73 Å². The standard InChI is InChI=1S/C11H9N5O3/c12-11-15-9(18)8(10(19)16-11)14-5-7(17)6-2-1-3-13-4-6/h1-4H,5H2,(H3,12,15,16,18,19). The van der Waals surface area contributed by atoms with Crippen molar-refractivity contribution in [3.63, 3.8) is 0 Å². The van der Waals surface area contributed by atoms with Gasteiger partial charge in [-0.1, -0.05) is 0 Å². The van der Waals surface area contributed by atoms with Crippen molar-refractivity contribution >= 4 is 29.3 Å². The van der Waals surface area contributed by atoms with E-state index < -0.39 is 17.5 Å². The van der Waals surface area contributed by atoms with E-state index in [2.05, 4.69) is 20.3 Å². The number of hydrogen-bond acceptors (Lipinski definition) is 6. The van der Waals surface area contributed by atoms with Gasteiger partial charge >= 0.3 is 5.91 Å². The van der Waals surface area contributed by atoms with Gasteiger partial charge in [0.25, 0.3) is 5.91 Å². The van der Waals surface area contributed by atoms with Gasteiger partial charge in [-0.05, 0) is 12.1 Å². The van der Waals surface area contributed by atoms with E-state index in [1.165, 1.54) is 12.4 Å². The van der Waals surface area contributed by atoms with Gasteiger partial charge in [-0.3, -0.25) is 29.7 Å². The smallest absolute Gasteiger partial charge is 0.304 e. The van der Waals surface area contributed by atoms with Crippen molar-refractivity contribution in [3.05, 3.63) is 30.1 Å². The second kappa shape index (κ2) is 5.17. The zero-order valence-corrected chi connectivity index (χ0v) is 9.66. The van der Waals surface area contributed by atoms with E-state index in [-0.39, 0.29) is 18.3 Å². The minimum absolute atomic E-state index is 0.285. The summed E-state index contributed by atoms with van der Waals surface area (Å²) in [6.07, 6.45) is 2.90. The molecular formula is C11H9N5O3. The number of pyridine rings is 1. The van der Waals surface area contributed by atoms with Crippen molar-refractivity contribution in [1.29, 1.82) is 0 Å². The Morgan fingerprint density at radius 1 is 1.42 bits per heavy atom. The van der Waals surface area contributed by atoms with Crippen LogP contribution >= 0.6 is 0 Å². The normalized spacial score (nSPS) is 17.1. The Balaban J connectivity index is 2.13. The van der Waals surface area contributed by atoms with Crippen molar-refractivity contribution in [2.24, 2.45) is 15.7 Å². The summed E-state index contributed by atoms with van der Waals surface area (Å²) in [4.78, 5) is 45.3. The predicted molar refractivity (Wildman–Crippen MR) is 65.6 cm³/mol. The molecule has 1 aromatic rings. The number of carbonyl (C=O) groups excluding carboxylic acids is 3. The van der Waals surface area contributed by atoms with E-state index in [1.54, 1.807) is 12.1 Å². The maximum Gasteiger partial charge on any atom is 0.304 e. The number of guanidine groups is 1. The Labute approximate surface area is 107 Å². The molecular weight excluding hydrogens is 250 g/mol. The van der Waals surface area contributed by atoms with Gasteiger partial charge in [-0.25, -0.2) is 0 Å². The summed E-state index contributed by atoms with van der Waals surface area (Å²) in [5, 5.41) is 2.14. The van der Waals surface area contributed by atoms with Gasteiger partial charge in [0, 0.05) is 18.0 Å². The van der Waals surface area contributed by atoms with Gasteiger partial charge < -0.3 is 5.73 Å². The maximum atomic E-state index is 11.7. The third-order valence-corrected chi connectivity index (χ3v) is 2.25. The number of ketones is 1. The van der Waals surface area contributed by atoms with Crippen LogP contribution in [0.2, 0.25) is 0 Å². The molecule has 2 amide bonds. The number of nitrogens with two attached hydrogens (primary N) is 1. The van der Waals surface area contributed by atoms with Gasteiger partial charge in [0.05, 0.1) is 0 Å². The molecule has 19 heavy (non-hydrogen) atoms. The highest BCUT2D eigenvalue weighted by molar-refractivity contribution is 6.68. The Bertz CT molecular complexity index is 606. The first kappa shape index (κ1) is 12.6. The largest absolute Gasteiger partial charge is 0.369 e. The molecule has 0 atom stereocenters. The quantitative estimate of drug-likeness (QED) is 0.650. The third-order valence-electron chi connectivity index (χ3n) is 2.25. The second-order valence-electron chi connectivity index (χ2n) is 3.59. The molecule has 0 aromatic carbocycles. The first-order valence-electron chi connectivity index (χ1n) is 5.25. The summed E-state index contributed by atoms with van der Waals surface area (Å²) in [5.74, 6) is -2.27. The van der Waals surface area contributed by atoms with E-state index >= 15 is 0 Å². The summed E-state index contributed by atoms with van der Waals surface area (Å²) in [5.41, 5.74) is 5.10. The van der Waals surface area contributed by atoms with E-state index in [0.29, 0.717) is 5.56 Å². The highest BCUT2D eigenvalue weighted by Crippen LogP contribution is 1.99. The number of aromatic nitrogens is 1. The first-order chi connectivity index (χ1) is 9.08. The Kier molecular flexibility index (Phi) is 3.42. The summed E-state index contributed by atoms with van der Waals surface area (Å²) in [6.45, 7) is -0.338. The van der Waals surface area contributed by atoms with Crippen LogP contribution < -0.4 is 11.1 Å². The van der Waals surface area contributed by atoms with Crippen molar-refractivity contribution in [3.8, 4) is 0 Å². The molecule has 8 nitrogen and oxygen atoms in total. The highest BCUT2D eigenvalue weighted by atomic mass is 16.2. The molecule has 0 bridgehead atoms. The van der Waals surface area contributed by atoms with Gasteiger partial charge in [-0.15, -0.1) is 0 Å². The van der Waals surface area contributed by atoms with Crippen molar-refractivity contribution in [1.82, 2.24) is 10.3 Å². The van der Waals surface area contributed by atoms with Crippen LogP contribution in [0.25, 0.3) is 0 Å². The number of aliphatic imine (C=N–C) groups is 2. The number of Topliss-reactive ketones (excluding diaryl/α,β-unsaturated/α-hetero) is 1. The fourth-order valence-corrected chi connectivity index (χ4v) is 1.37.